The average Bonchev–Trinajstić information content (AvgIpc) is 2.92. The van der Waals surface area contributed by atoms with Crippen molar-refractivity contribution in [3.8, 4) is 11.5 Å². The van der Waals surface area contributed by atoms with E-state index in [0.29, 0.717) is 23.7 Å². The standard InChI is InChI=1S/C14H19NO3/c1-17-14-10-12(11-16)4-5-13(14)18-9-8-15-6-2-3-7-15/h4-5,10-11H,2-3,6-9H2,1H3. The zero-order chi connectivity index (χ0) is 12.8. The number of hydrogen-bond acceptors (Lipinski definition) is 4. The molecule has 1 heterocycles. The highest BCUT2D eigenvalue weighted by atomic mass is 16.5. The number of aldehydes is 1. The normalized spacial score (nSPS) is 15.6. The van der Waals surface area contributed by atoms with Crippen LogP contribution in [0.3, 0.4) is 0 Å². The van der Waals surface area contributed by atoms with E-state index in [2.05, 4.69) is 4.90 Å². The molecule has 0 bridgehead atoms. The first-order chi connectivity index (χ1) is 8.83. The number of carbonyl (C=O) groups excluding carboxylic acids is 1. The first kappa shape index (κ1) is 12.9. The molecule has 1 saturated heterocycles. The molecular weight excluding hydrogens is 230 g/mol. The Kier molecular flexibility index (Phi) is 4.59. The molecule has 18 heavy (non-hydrogen) atoms. The second-order valence-electron chi connectivity index (χ2n) is 4.43. The Hall–Kier alpha value is -1.55. The Labute approximate surface area is 107 Å². The maximum Gasteiger partial charge on any atom is 0.161 e. The van der Waals surface area contributed by atoms with Crippen molar-refractivity contribution in [1.29, 1.82) is 0 Å². The van der Waals surface area contributed by atoms with E-state index in [1.165, 1.54) is 25.9 Å². The van der Waals surface area contributed by atoms with Crippen LogP contribution in [0.25, 0.3) is 0 Å². The van der Waals surface area contributed by atoms with Gasteiger partial charge in [0.25, 0.3) is 0 Å². The maximum atomic E-state index is 10.7. The molecule has 0 radical (unpaired) electrons. The lowest BCUT2D eigenvalue weighted by Crippen LogP contribution is -2.25. The number of benzene rings is 1. The third-order valence-corrected chi connectivity index (χ3v) is 3.19. The van der Waals surface area contributed by atoms with Crippen LogP contribution in [0, 0.1) is 0 Å². The molecule has 1 aliphatic rings. The second kappa shape index (κ2) is 6.40. The molecule has 0 saturated carbocycles. The van der Waals surface area contributed by atoms with Gasteiger partial charge in [-0.15, -0.1) is 0 Å². The van der Waals surface area contributed by atoms with Crippen LogP contribution in [-0.2, 0) is 0 Å². The number of rotatable bonds is 6. The van der Waals surface area contributed by atoms with Gasteiger partial charge in [-0.05, 0) is 44.1 Å². The Bertz CT molecular complexity index is 400. The molecule has 0 aliphatic carbocycles. The highest BCUT2D eigenvalue weighted by Gasteiger charge is 2.11. The number of likely N-dealkylation sites (tertiary alicyclic amines) is 1. The van der Waals surface area contributed by atoms with Gasteiger partial charge in [0.05, 0.1) is 7.11 Å². The van der Waals surface area contributed by atoms with E-state index in [9.17, 15) is 4.79 Å². The van der Waals surface area contributed by atoms with E-state index < -0.39 is 0 Å². The fraction of sp³-hybridized carbons (Fsp3) is 0.500. The molecule has 0 amide bonds. The van der Waals surface area contributed by atoms with Crippen LogP contribution in [0.4, 0.5) is 0 Å². The molecule has 0 aromatic heterocycles. The van der Waals surface area contributed by atoms with Crippen LogP contribution in [0.1, 0.15) is 23.2 Å². The summed E-state index contributed by atoms with van der Waals surface area (Å²) in [6.07, 6.45) is 3.38. The van der Waals surface area contributed by atoms with Gasteiger partial charge in [0.15, 0.2) is 11.5 Å². The zero-order valence-corrected chi connectivity index (χ0v) is 10.7. The monoisotopic (exact) mass is 249 g/mol. The number of ether oxygens (including phenoxy) is 2. The lowest BCUT2D eigenvalue weighted by atomic mass is 10.2. The second-order valence-corrected chi connectivity index (χ2v) is 4.43. The summed E-state index contributed by atoms with van der Waals surface area (Å²) in [4.78, 5) is 13.1. The Balaban J connectivity index is 1.89. The molecule has 1 aromatic carbocycles. The fourth-order valence-corrected chi connectivity index (χ4v) is 2.17. The van der Waals surface area contributed by atoms with Crippen LogP contribution < -0.4 is 9.47 Å². The Morgan fingerprint density at radius 2 is 2.06 bits per heavy atom. The van der Waals surface area contributed by atoms with Gasteiger partial charge in [-0.1, -0.05) is 0 Å². The number of hydrogen-bond donors (Lipinski definition) is 0. The minimum Gasteiger partial charge on any atom is -0.493 e. The summed E-state index contributed by atoms with van der Waals surface area (Å²) in [5, 5.41) is 0. The third-order valence-electron chi connectivity index (χ3n) is 3.19. The molecular formula is C14H19NO3. The van der Waals surface area contributed by atoms with E-state index >= 15 is 0 Å². The summed E-state index contributed by atoms with van der Waals surface area (Å²) in [6, 6.07) is 5.21. The quantitative estimate of drug-likeness (QED) is 0.723. The van der Waals surface area contributed by atoms with Gasteiger partial charge < -0.3 is 9.47 Å². The largest absolute Gasteiger partial charge is 0.493 e. The Morgan fingerprint density at radius 1 is 1.28 bits per heavy atom. The van der Waals surface area contributed by atoms with Crippen molar-refractivity contribution in [1.82, 2.24) is 4.90 Å². The first-order valence-corrected chi connectivity index (χ1v) is 6.32. The zero-order valence-electron chi connectivity index (χ0n) is 10.7. The minimum absolute atomic E-state index is 0.596. The van der Waals surface area contributed by atoms with Crippen molar-refractivity contribution >= 4 is 6.29 Å². The van der Waals surface area contributed by atoms with Gasteiger partial charge in [0.1, 0.15) is 12.9 Å². The maximum absolute atomic E-state index is 10.7. The lowest BCUT2D eigenvalue weighted by Gasteiger charge is -2.16. The van der Waals surface area contributed by atoms with Crippen molar-refractivity contribution in [3.05, 3.63) is 23.8 Å². The van der Waals surface area contributed by atoms with Crippen molar-refractivity contribution in [2.75, 3.05) is 33.4 Å². The van der Waals surface area contributed by atoms with Crippen LogP contribution in [0.2, 0.25) is 0 Å². The van der Waals surface area contributed by atoms with Gasteiger partial charge >= 0.3 is 0 Å². The van der Waals surface area contributed by atoms with Crippen LogP contribution >= 0.6 is 0 Å². The molecule has 0 atom stereocenters. The molecule has 0 spiro atoms. The molecule has 1 aliphatic heterocycles. The summed E-state index contributed by atoms with van der Waals surface area (Å²) in [5.74, 6) is 1.31. The molecule has 1 aromatic rings. The summed E-state index contributed by atoms with van der Waals surface area (Å²) in [7, 11) is 1.58. The van der Waals surface area contributed by atoms with Crippen molar-refractivity contribution in [2.24, 2.45) is 0 Å². The number of methoxy groups -OCH3 is 1. The lowest BCUT2D eigenvalue weighted by molar-refractivity contribution is 0.112. The van der Waals surface area contributed by atoms with E-state index in [4.69, 9.17) is 9.47 Å². The van der Waals surface area contributed by atoms with Gasteiger partial charge in [-0.3, -0.25) is 9.69 Å². The van der Waals surface area contributed by atoms with Crippen LogP contribution in [-0.4, -0.2) is 44.5 Å². The van der Waals surface area contributed by atoms with Gasteiger partial charge in [-0.25, -0.2) is 0 Å². The summed E-state index contributed by atoms with van der Waals surface area (Å²) >= 11 is 0. The predicted octanol–water partition coefficient (Wildman–Crippen LogP) is 1.98. The van der Waals surface area contributed by atoms with Gasteiger partial charge in [-0.2, -0.15) is 0 Å². The average molecular weight is 249 g/mol. The molecule has 98 valence electrons. The summed E-state index contributed by atoms with van der Waals surface area (Å²) < 4.78 is 10.9. The van der Waals surface area contributed by atoms with Gasteiger partial charge in [0, 0.05) is 12.1 Å². The molecule has 0 unspecified atom stereocenters. The number of nitrogens with zero attached hydrogens (tertiary/aromatic N) is 1. The van der Waals surface area contributed by atoms with Crippen LogP contribution in [0.5, 0.6) is 11.5 Å². The van der Waals surface area contributed by atoms with Crippen molar-refractivity contribution in [3.63, 3.8) is 0 Å². The highest BCUT2D eigenvalue weighted by molar-refractivity contribution is 5.76. The van der Waals surface area contributed by atoms with Crippen molar-refractivity contribution < 1.29 is 14.3 Å². The van der Waals surface area contributed by atoms with Crippen LogP contribution in [0.15, 0.2) is 18.2 Å². The predicted molar refractivity (Wildman–Crippen MR) is 69.6 cm³/mol. The molecule has 4 heteroatoms. The van der Waals surface area contributed by atoms with Crippen molar-refractivity contribution in [2.45, 2.75) is 12.8 Å². The minimum atomic E-state index is 0.596. The van der Waals surface area contributed by atoms with E-state index in [-0.39, 0.29) is 0 Å². The SMILES string of the molecule is COc1cc(C=O)ccc1OCCN1CCCC1. The van der Waals surface area contributed by atoms with Gasteiger partial charge in [0.2, 0.25) is 0 Å². The summed E-state index contributed by atoms with van der Waals surface area (Å²) in [6.45, 7) is 3.94. The van der Waals surface area contributed by atoms with E-state index in [1.54, 1.807) is 25.3 Å². The fourth-order valence-electron chi connectivity index (χ4n) is 2.17. The Morgan fingerprint density at radius 3 is 2.72 bits per heavy atom. The molecule has 2 rings (SSSR count). The molecule has 0 N–H and O–H groups in total. The summed E-state index contributed by atoms with van der Waals surface area (Å²) in [5.41, 5.74) is 0.596. The molecule has 4 nitrogen and oxygen atoms in total. The number of carbonyl (C=O) groups is 1. The van der Waals surface area contributed by atoms with E-state index in [0.717, 1.165) is 12.8 Å². The smallest absolute Gasteiger partial charge is 0.161 e. The van der Waals surface area contributed by atoms with E-state index in [1.807, 2.05) is 0 Å². The first-order valence-electron chi connectivity index (χ1n) is 6.32. The highest BCUT2D eigenvalue weighted by Crippen LogP contribution is 2.27. The molecule has 1 fully saturated rings. The third kappa shape index (κ3) is 3.23. The topological polar surface area (TPSA) is 38.8 Å².